The predicted molar refractivity (Wildman–Crippen MR) is 101 cm³/mol. The van der Waals surface area contributed by atoms with E-state index in [1.54, 1.807) is 19.2 Å². The van der Waals surface area contributed by atoms with Crippen LogP contribution in [0.2, 0.25) is 0 Å². The van der Waals surface area contributed by atoms with Crippen LogP contribution in [0.15, 0.2) is 53.5 Å². The molecular weight excluding hydrogens is 371 g/mol. The highest BCUT2D eigenvalue weighted by molar-refractivity contribution is 8.15. The second kappa shape index (κ2) is 8.22. The average Bonchev–Trinajstić information content (AvgIpc) is 2.66. The lowest BCUT2D eigenvalue weighted by atomic mass is 10.2. The number of carbonyl (C=O) groups excluding carboxylic acids is 1. The van der Waals surface area contributed by atoms with Crippen molar-refractivity contribution in [3.05, 3.63) is 59.9 Å². The zero-order valence-electron chi connectivity index (χ0n) is 14.5. The minimum Gasteiger partial charge on any atom is -0.497 e. The van der Waals surface area contributed by atoms with Gasteiger partial charge in [0.05, 0.1) is 25.8 Å². The zero-order chi connectivity index (χ0) is 19.4. The zero-order valence-corrected chi connectivity index (χ0v) is 15.3. The summed E-state index contributed by atoms with van der Waals surface area (Å²) >= 11 is 1.01. The van der Waals surface area contributed by atoms with Gasteiger partial charge in [0.1, 0.15) is 16.8 Å². The van der Waals surface area contributed by atoms with Crippen molar-refractivity contribution < 1.29 is 23.8 Å². The van der Waals surface area contributed by atoms with E-state index in [4.69, 9.17) is 4.74 Å². The third kappa shape index (κ3) is 4.65. The van der Waals surface area contributed by atoms with Gasteiger partial charge in [-0.15, -0.1) is 0 Å². The second-order valence-electron chi connectivity index (χ2n) is 5.85. The summed E-state index contributed by atoms with van der Waals surface area (Å²) in [5.74, 6) is -1.09. The van der Waals surface area contributed by atoms with Gasteiger partial charge in [-0.25, -0.2) is 9.38 Å². The van der Waals surface area contributed by atoms with Crippen molar-refractivity contribution in [2.45, 2.75) is 18.2 Å². The van der Waals surface area contributed by atoms with Crippen LogP contribution >= 0.6 is 11.8 Å². The fourth-order valence-electron chi connectivity index (χ4n) is 2.53. The number of carboxylic acids is 1. The summed E-state index contributed by atoms with van der Waals surface area (Å²) in [6, 6.07) is 12.7. The standard InChI is InChI=1S/C19H17FN2O4S/c1-26-15-8-2-12(3-9-15)11-22-17(23)10-16(18(24)25)27-19(22)21-14-6-4-13(20)5-7-14/h2-9,16H,10-11H2,1H3,(H,24,25)/t16-/m0/s1. The summed E-state index contributed by atoms with van der Waals surface area (Å²) in [6.45, 7) is 0.252. The molecule has 2 aromatic rings. The van der Waals surface area contributed by atoms with Crippen molar-refractivity contribution in [3.8, 4) is 5.75 Å². The van der Waals surface area contributed by atoms with Crippen LogP contribution < -0.4 is 4.74 Å². The monoisotopic (exact) mass is 388 g/mol. The fourth-order valence-corrected chi connectivity index (χ4v) is 3.56. The number of amidine groups is 1. The van der Waals surface area contributed by atoms with Gasteiger partial charge in [0.25, 0.3) is 0 Å². The Kier molecular flexibility index (Phi) is 5.75. The first kappa shape index (κ1) is 18.9. The molecule has 27 heavy (non-hydrogen) atoms. The lowest BCUT2D eigenvalue weighted by Crippen LogP contribution is -2.43. The molecule has 2 aromatic carbocycles. The Morgan fingerprint density at radius 2 is 1.93 bits per heavy atom. The molecule has 140 valence electrons. The van der Waals surface area contributed by atoms with Crippen LogP contribution in [0.3, 0.4) is 0 Å². The number of hydrogen-bond acceptors (Lipinski definition) is 5. The van der Waals surface area contributed by atoms with E-state index in [0.29, 0.717) is 11.4 Å². The topological polar surface area (TPSA) is 79.2 Å². The van der Waals surface area contributed by atoms with E-state index >= 15 is 0 Å². The maximum Gasteiger partial charge on any atom is 0.317 e. The van der Waals surface area contributed by atoms with Crippen molar-refractivity contribution in [1.29, 1.82) is 0 Å². The summed E-state index contributed by atoms with van der Waals surface area (Å²) in [7, 11) is 1.57. The molecule has 1 saturated heterocycles. The molecule has 0 saturated carbocycles. The lowest BCUT2D eigenvalue weighted by Gasteiger charge is -2.30. The third-order valence-electron chi connectivity index (χ3n) is 3.97. The maximum atomic E-state index is 13.1. The molecule has 8 heteroatoms. The van der Waals surface area contributed by atoms with Crippen molar-refractivity contribution in [2.75, 3.05) is 7.11 Å². The van der Waals surface area contributed by atoms with E-state index in [-0.39, 0.29) is 24.0 Å². The van der Waals surface area contributed by atoms with Gasteiger partial charge >= 0.3 is 5.97 Å². The normalized spacial score (nSPS) is 18.6. The lowest BCUT2D eigenvalue weighted by molar-refractivity contribution is -0.139. The van der Waals surface area contributed by atoms with Crippen molar-refractivity contribution in [3.63, 3.8) is 0 Å². The Morgan fingerprint density at radius 1 is 1.26 bits per heavy atom. The minimum absolute atomic E-state index is 0.113. The summed E-state index contributed by atoms with van der Waals surface area (Å²) in [6.07, 6.45) is -0.113. The van der Waals surface area contributed by atoms with Gasteiger partial charge in [0.15, 0.2) is 5.17 Å². The predicted octanol–water partition coefficient (Wildman–Crippen LogP) is 3.44. The molecule has 3 rings (SSSR count). The van der Waals surface area contributed by atoms with Crippen LogP contribution in [0.5, 0.6) is 5.75 Å². The number of carbonyl (C=O) groups is 2. The first-order chi connectivity index (χ1) is 13.0. The van der Waals surface area contributed by atoms with Gasteiger partial charge in [-0.2, -0.15) is 0 Å². The van der Waals surface area contributed by atoms with Crippen LogP contribution in [0, 0.1) is 5.82 Å². The Hall–Kier alpha value is -2.87. The summed E-state index contributed by atoms with van der Waals surface area (Å²) < 4.78 is 18.2. The molecule has 0 bridgehead atoms. The average molecular weight is 388 g/mol. The van der Waals surface area contributed by atoms with Gasteiger partial charge in [0, 0.05) is 0 Å². The SMILES string of the molecule is COc1ccc(CN2C(=O)C[C@@H](C(=O)O)SC2=Nc2ccc(F)cc2)cc1. The first-order valence-corrected chi connectivity index (χ1v) is 9.01. The number of benzene rings is 2. The smallest absolute Gasteiger partial charge is 0.317 e. The molecule has 1 N–H and O–H groups in total. The number of carboxylic acid groups (broad SMARTS) is 1. The number of methoxy groups -OCH3 is 1. The summed E-state index contributed by atoms with van der Waals surface area (Å²) in [5.41, 5.74) is 1.29. The number of aliphatic imine (C=N–C) groups is 1. The number of rotatable bonds is 5. The summed E-state index contributed by atoms with van der Waals surface area (Å²) in [4.78, 5) is 29.8. The highest BCUT2D eigenvalue weighted by Crippen LogP contribution is 2.30. The van der Waals surface area contributed by atoms with Gasteiger partial charge in [-0.1, -0.05) is 23.9 Å². The third-order valence-corrected chi connectivity index (χ3v) is 5.14. The van der Waals surface area contributed by atoms with E-state index in [1.165, 1.54) is 29.2 Å². The molecule has 1 atom stereocenters. The largest absolute Gasteiger partial charge is 0.497 e. The molecule has 0 aliphatic carbocycles. The molecule has 1 aliphatic rings. The molecule has 0 spiro atoms. The molecule has 0 radical (unpaired) electrons. The number of aliphatic carboxylic acids is 1. The molecule has 1 heterocycles. The molecule has 1 fully saturated rings. The Labute approximate surface area is 159 Å². The number of amides is 1. The van der Waals surface area contributed by atoms with E-state index in [2.05, 4.69) is 4.99 Å². The van der Waals surface area contributed by atoms with Gasteiger partial charge in [0.2, 0.25) is 5.91 Å². The van der Waals surface area contributed by atoms with Crippen molar-refractivity contribution in [2.24, 2.45) is 4.99 Å². The fraction of sp³-hybridized carbons (Fsp3) is 0.211. The van der Waals surface area contributed by atoms with E-state index in [9.17, 15) is 19.1 Å². The quantitative estimate of drug-likeness (QED) is 0.849. The highest BCUT2D eigenvalue weighted by Gasteiger charge is 2.35. The second-order valence-corrected chi connectivity index (χ2v) is 7.02. The Bertz CT molecular complexity index is 868. The molecule has 6 nitrogen and oxygen atoms in total. The minimum atomic E-state index is -1.07. The molecule has 0 aromatic heterocycles. The summed E-state index contributed by atoms with van der Waals surface area (Å²) in [5, 5.41) is 8.68. The number of halogens is 1. The van der Waals surface area contributed by atoms with E-state index < -0.39 is 17.0 Å². The van der Waals surface area contributed by atoms with Crippen LogP contribution in [0.1, 0.15) is 12.0 Å². The number of ether oxygens (including phenoxy) is 1. The van der Waals surface area contributed by atoms with Crippen LogP contribution in [0.4, 0.5) is 10.1 Å². The van der Waals surface area contributed by atoms with Crippen LogP contribution in [0.25, 0.3) is 0 Å². The van der Waals surface area contributed by atoms with Gasteiger partial charge in [-0.05, 0) is 42.0 Å². The van der Waals surface area contributed by atoms with Gasteiger partial charge < -0.3 is 9.84 Å². The maximum absolute atomic E-state index is 13.1. The van der Waals surface area contributed by atoms with Crippen LogP contribution in [-0.4, -0.2) is 39.4 Å². The van der Waals surface area contributed by atoms with Crippen molar-refractivity contribution >= 4 is 34.5 Å². The molecule has 1 amide bonds. The molecule has 0 unspecified atom stereocenters. The first-order valence-electron chi connectivity index (χ1n) is 8.13. The molecule has 1 aliphatic heterocycles. The number of hydrogen-bond donors (Lipinski definition) is 1. The van der Waals surface area contributed by atoms with Crippen LogP contribution in [-0.2, 0) is 16.1 Å². The molecular formula is C19H17FN2O4S. The highest BCUT2D eigenvalue weighted by atomic mass is 32.2. The Balaban J connectivity index is 1.90. The van der Waals surface area contributed by atoms with Crippen molar-refractivity contribution in [1.82, 2.24) is 4.90 Å². The van der Waals surface area contributed by atoms with Gasteiger partial charge in [-0.3, -0.25) is 14.5 Å². The number of thioether (sulfide) groups is 1. The number of nitrogens with zero attached hydrogens (tertiary/aromatic N) is 2. The Morgan fingerprint density at radius 3 is 2.52 bits per heavy atom. The van der Waals surface area contributed by atoms with E-state index in [1.807, 2.05) is 12.1 Å². The van der Waals surface area contributed by atoms with E-state index in [0.717, 1.165) is 17.3 Å².